The van der Waals surface area contributed by atoms with Crippen molar-refractivity contribution in [3.8, 4) is 0 Å². The van der Waals surface area contributed by atoms with E-state index in [1.54, 1.807) is 0 Å². The van der Waals surface area contributed by atoms with Gasteiger partial charge in [-0.05, 0) is 38.5 Å². The van der Waals surface area contributed by atoms with Crippen LogP contribution in [0, 0.1) is 0 Å². The molecule has 0 bridgehead atoms. The molecule has 0 spiro atoms. The first kappa shape index (κ1) is 15.5. The van der Waals surface area contributed by atoms with Crippen LogP contribution >= 0.6 is 0 Å². The van der Waals surface area contributed by atoms with E-state index < -0.39 is 0 Å². The fourth-order valence-corrected chi connectivity index (χ4v) is 2.07. The van der Waals surface area contributed by atoms with Gasteiger partial charge in [0.15, 0.2) is 0 Å². The molecule has 4 heteroatoms. The molecule has 0 saturated carbocycles. The second kappa shape index (κ2) is 7.79. The molecule has 0 saturated heterocycles. The van der Waals surface area contributed by atoms with Gasteiger partial charge >= 0.3 is 0 Å². The summed E-state index contributed by atoms with van der Waals surface area (Å²) in [4.78, 5) is 16.1. The number of nitrogens with two attached hydrogens (primary N) is 1. The SMILES string of the molecule is CCN(CC)C(=O)CN(CC)c1ccc(CN)cc1. The van der Waals surface area contributed by atoms with Crippen LogP contribution in [-0.4, -0.2) is 37.0 Å². The lowest BCUT2D eigenvalue weighted by Gasteiger charge is -2.26. The van der Waals surface area contributed by atoms with Crippen LogP contribution < -0.4 is 10.6 Å². The topological polar surface area (TPSA) is 49.6 Å². The van der Waals surface area contributed by atoms with E-state index >= 15 is 0 Å². The van der Waals surface area contributed by atoms with Crippen molar-refractivity contribution in [1.29, 1.82) is 0 Å². The Morgan fingerprint density at radius 2 is 1.63 bits per heavy atom. The van der Waals surface area contributed by atoms with E-state index in [-0.39, 0.29) is 5.91 Å². The van der Waals surface area contributed by atoms with Crippen molar-refractivity contribution in [3.05, 3.63) is 29.8 Å². The summed E-state index contributed by atoms with van der Waals surface area (Å²) in [7, 11) is 0. The van der Waals surface area contributed by atoms with Gasteiger partial charge in [-0.3, -0.25) is 4.79 Å². The molecule has 1 aromatic rings. The van der Waals surface area contributed by atoms with Crippen molar-refractivity contribution >= 4 is 11.6 Å². The molecule has 0 aliphatic rings. The molecule has 0 atom stereocenters. The van der Waals surface area contributed by atoms with Gasteiger partial charge in [0.25, 0.3) is 0 Å². The third-order valence-electron chi connectivity index (χ3n) is 3.36. The second-order valence-corrected chi connectivity index (χ2v) is 4.45. The predicted molar refractivity (Wildman–Crippen MR) is 80.1 cm³/mol. The number of carbonyl (C=O) groups excluding carboxylic acids is 1. The maximum atomic E-state index is 12.1. The standard InChI is InChI=1S/C15H25N3O/c1-4-17(5-2)15(19)12-18(6-3)14-9-7-13(11-16)8-10-14/h7-10H,4-6,11-12,16H2,1-3H3. The van der Waals surface area contributed by atoms with Crippen molar-refractivity contribution in [2.75, 3.05) is 31.1 Å². The molecule has 1 rings (SSSR count). The highest BCUT2D eigenvalue weighted by Gasteiger charge is 2.14. The van der Waals surface area contributed by atoms with E-state index in [0.717, 1.165) is 30.9 Å². The molecule has 1 amide bonds. The third-order valence-corrected chi connectivity index (χ3v) is 3.36. The Morgan fingerprint density at radius 3 is 2.05 bits per heavy atom. The first-order valence-electron chi connectivity index (χ1n) is 6.97. The molecular formula is C15H25N3O. The number of hydrogen-bond acceptors (Lipinski definition) is 3. The van der Waals surface area contributed by atoms with Crippen LogP contribution in [0.5, 0.6) is 0 Å². The number of anilines is 1. The van der Waals surface area contributed by atoms with Gasteiger partial charge in [0.2, 0.25) is 5.91 Å². The summed E-state index contributed by atoms with van der Waals surface area (Å²) in [6, 6.07) is 8.09. The summed E-state index contributed by atoms with van der Waals surface area (Å²) in [5.74, 6) is 0.176. The van der Waals surface area contributed by atoms with Crippen LogP contribution in [0.2, 0.25) is 0 Å². The van der Waals surface area contributed by atoms with E-state index in [1.165, 1.54) is 0 Å². The maximum absolute atomic E-state index is 12.1. The molecule has 19 heavy (non-hydrogen) atoms. The molecule has 0 unspecified atom stereocenters. The highest BCUT2D eigenvalue weighted by molar-refractivity contribution is 5.81. The number of nitrogens with zero attached hydrogens (tertiary/aromatic N) is 2. The van der Waals surface area contributed by atoms with Crippen LogP contribution in [0.4, 0.5) is 5.69 Å². The smallest absolute Gasteiger partial charge is 0.242 e. The van der Waals surface area contributed by atoms with Crippen molar-refractivity contribution in [2.24, 2.45) is 5.73 Å². The monoisotopic (exact) mass is 263 g/mol. The van der Waals surface area contributed by atoms with Crippen LogP contribution in [-0.2, 0) is 11.3 Å². The van der Waals surface area contributed by atoms with Crippen molar-refractivity contribution in [3.63, 3.8) is 0 Å². The summed E-state index contributed by atoms with van der Waals surface area (Å²) >= 11 is 0. The molecule has 0 radical (unpaired) electrons. The molecule has 2 N–H and O–H groups in total. The van der Waals surface area contributed by atoms with Crippen LogP contribution in [0.15, 0.2) is 24.3 Å². The summed E-state index contributed by atoms with van der Waals surface area (Å²) in [6.45, 7) is 9.39. The fourth-order valence-electron chi connectivity index (χ4n) is 2.07. The number of amides is 1. The van der Waals surface area contributed by atoms with Gasteiger partial charge in [-0.1, -0.05) is 12.1 Å². The number of hydrogen-bond donors (Lipinski definition) is 1. The van der Waals surface area contributed by atoms with Gasteiger partial charge in [0, 0.05) is 31.9 Å². The molecule has 0 aliphatic heterocycles. The van der Waals surface area contributed by atoms with Gasteiger partial charge in [-0.15, -0.1) is 0 Å². The largest absolute Gasteiger partial charge is 0.362 e. The highest BCUT2D eigenvalue weighted by atomic mass is 16.2. The zero-order valence-corrected chi connectivity index (χ0v) is 12.2. The first-order chi connectivity index (χ1) is 9.15. The summed E-state index contributed by atoms with van der Waals surface area (Å²) in [5.41, 5.74) is 7.77. The van der Waals surface area contributed by atoms with Crippen molar-refractivity contribution in [2.45, 2.75) is 27.3 Å². The molecule has 1 aromatic carbocycles. The van der Waals surface area contributed by atoms with Crippen LogP contribution in [0.25, 0.3) is 0 Å². The van der Waals surface area contributed by atoms with Gasteiger partial charge in [0.1, 0.15) is 0 Å². The van der Waals surface area contributed by atoms with Gasteiger partial charge in [-0.25, -0.2) is 0 Å². The summed E-state index contributed by atoms with van der Waals surface area (Å²) in [6.07, 6.45) is 0. The van der Waals surface area contributed by atoms with Gasteiger partial charge in [-0.2, -0.15) is 0 Å². The minimum absolute atomic E-state index is 0.176. The molecule has 0 aromatic heterocycles. The van der Waals surface area contributed by atoms with E-state index in [4.69, 9.17) is 5.73 Å². The first-order valence-corrected chi connectivity index (χ1v) is 6.97. The molecule has 0 heterocycles. The van der Waals surface area contributed by atoms with Crippen LogP contribution in [0.3, 0.4) is 0 Å². The Balaban J connectivity index is 2.74. The zero-order chi connectivity index (χ0) is 14.3. The average molecular weight is 263 g/mol. The molecular weight excluding hydrogens is 238 g/mol. The Morgan fingerprint density at radius 1 is 1.05 bits per heavy atom. The lowest BCUT2D eigenvalue weighted by Crippen LogP contribution is -2.40. The minimum atomic E-state index is 0.176. The number of rotatable bonds is 7. The number of likely N-dealkylation sites (N-methyl/N-ethyl adjacent to an activating group) is 2. The Kier molecular flexibility index (Phi) is 6.36. The Hall–Kier alpha value is -1.55. The lowest BCUT2D eigenvalue weighted by molar-refractivity contribution is -0.129. The predicted octanol–water partition coefficient (Wildman–Crippen LogP) is 1.84. The second-order valence-electron chi connectivity index (χ2n) is 4.45. The van der Waals surface area contributed by atoms with Crippen molar-refractivity contribution in [1.82, 2.24) is 4.90 Å². The quantitative estimate of drug-likeness (QED) is 0.816. The van der Waals surface area contributed by atoms with E-state index in [0.29, 0.717) is 13.1 Å². The van der Waals surface area contributed by atoms with Gasteiger partial charge in [0.05, 0.1) is 6.54 Å². The minimum Gasteiger partial charge on any atom is -0.362 e. The summed E-state index contributed by atoms with van der Waals surface area (Å²) < 4.78 is 0. The van der Waals surface area contributed by atoms with E-state index in [1.807, 2.05) is 43.0 Å². The lowest BCUT2D eigenvalue weighted by atomic mass is 10.2. The Bertz CT molecular complexity index is 385. The summed E-state index contributed by atoms with van der Waals surface area (Å²) in [5, 5.41) is 0. The molecule has 4 nitrogen and oxygen atoms in total. The fraction of sp³-hybridized carbons (Fsp3) is 0.533. The Labute approximate surface area is 116 Å². The van der Waals surface area contributed by atoms with Crippen molar-refractivity contribution < 1.29 is 4.79 Å². The third kappa shape index (κ3) is 4.24. The van der Waals surface area contributed by atoms with E-state index in [2.05, 4.69) is 11.8 Å². The normalized spacial score (nSPS) is 10.3. The molecule has 0 aliphatic carbocycles. The number of carbonyl (C=O) groups is 1. The maximum Gasteiger partial charge on any atom is 0.242 e. The van der Waals surface area contributed by atoms with Crippen LogP contribution in [0.1, 0.15) is 26.3 Å². The highest BCUT2D eigenvalue weighted by Crippen LogP contribution is 2.15. The van der Waals surface area contributed by atoms with Gasteiger partial charge < -0.3 is 15.5 Å². The molecule has 0 fully saturated rings. The average Bonchev–Trinajstić information content (AvgIpc) is 2.46. The van der Waals surface area contributed by atoms with E-state index in [9.17, 15) is 4.79 Å². The molecule has 106 valence electrons. The number of benzene rings is 1. The zero-order valence-electron chi connectivity index (χ0n) is 12.2.